The van der Waals surface area contributed by atoms with Crippen molar-refractivity contribution >= 4 is 17.3 Å². The van der Waals surface area contributed by atoms with Crippen LogP contribution in [0.5, 0.6) is 0 Å². The lowest BCUT2D eigenvalue weighted by Crippen LogP contribution is -2.55. The van der Waals surface area contributed by atoms with E-state index in [0.717, 1.165) is 32.2 Å². The lowest BCUT2D eigenvalue weighted by Gasteiger charge is -2.39. The van der Waals surface area contributed by atoms with Gasteiger partial charge in [0.2, 0.25) is 0 Å². The van der Waals surface area contributed by atoms with Crippen LogP contribution in [0.1, 0.15) is 50.8 Å². The van der Waals surface area contributed by atoms with E-state index in [1.807, 2.05) is 6.92 Å². The van der Waals surface area contributed by atoms with Gasteiger partial charge in [0, 0.05) is 11.4 Å². The molecule has 2 rings (SSSR count). The van der Waals surface area contributed by atoms with Gasteiger partial charge < -0.3 is 4.74 Å². The van der Waals surface area contributed by atoms with Gasteiger partial charge in [0.15, 0.2) is 0 Å². The van der Waals surface area contributed by atoms with E-state index >= 15 is 0 Å². The number of hydrogen-bond acceptors (Lipinski definition) is 4. The van der Waals surface area contributed by atoms with Crippen LogP contribution in [0.25, 0.3) is 0 Å². The SMILES string of the molecule is CCOC(=O)C1(NCc2cccs2)CCCC(CC)C1. The van der Waals surface area contributed by atoms with E-state index in [4.69, 9.17) is 4.74 Å². The Labute approximate surface area is 125 Å². The van der Waals surface area contributed by atoms with Crippen molar-refractivity contribution in [3.05, 3.63) is 22.4 Å². The smallest absolute Gasteiger partial charge is 0.326 e. The Morgan fingerprint density at radius 1 is 1.55 bits per heavy atom. The Morgan fingerprint density at radius 3 is 3.05 bits per heavy atom. The molecule has 3 nitrogen and oxygen atoms in total. The van der Waals surface area contributed by atoms with Crippen molar-refractivity contribution in [2.24, 2.45) is 5.92 Å². The first-order valence-corrected chi connectivity index (χ1v) is 8.52. The maximum absolute atomic E-state index is 12.5. The van der Waals surface area contributed by atoms with Crippen LogP contribution < -0.4 is 5.32 Å². The van der Waals surface area contributed by atoms with Gasteiger partial charge in [-0.05, 0) is 37.1 Å². The highest BCUT2D eigenvalue weighted by Crippen LogP contribution is 2.35. The first-order chi connectivity index (χ1) is 9.70. The zero-order chi connectivity index (χ0) is 14.4. The van der Waals surface area contributed by atoms with E-state index < -0.39 is 5.54 Å². The molecule has 0 aromatic carbocycles. The molecule has 1 aromatic heterocycles. The van der Waals surface area contributed by atoms with Crippen LogP contribution in [-0.4, -0.2) is 18.1 Å². The van der Waals surface area contributed by atoms with Gasteiger partial charge in [0.05, 0.1) is 6.61 Å². The Morgan fingerprint density at radius 2 is 2.40 bits per heavy atom. The number of rotatable bonds is 6. The van der Waals surface area contributed by atoms with E-state index in [1.165, 1.54) is 11.3 Å². The van der Waals surface area contributed by atoms with Gasteiger partial charge in [-0.15, -0.1) is 11.3 Å². The maximum Gasteiger partial charge on any atom is 0.326 e. The number of carbonyl (C=O) groups excluding carboxylic acids is 1. The van der Waals surface area contributed by atoms with Crippen LogP contribution in [0, 0.1) is 5.92 Å². The molecule has 1 aliphatic rings. The predicted octanol–water partition coefficient (Wildman–Crippen LogP) is 3.74. The second-order valence-corrected chi connectivity index (χ2v) is 6.64. The van der Waals surface area contributed by atoms with Gasteiger partial charge in [-0.1, -0.05) is 32.3 Å². The molecule has 1 saturated carbocycles. The van der Waals surface area contributed by atoms with Crippen molar-refractivity contribution in [2.75, 3.05) is 6.61 Å². The minimum atomic E-state index is -0.473. The number of ether oxygens (including phenoxy) is 1. The summed E-state index contributed by atoms with van der Waals surface area (Å²) in [6.45, 7) is 5.31. The largest absolute Gasteiger partial charge is 0.465 e. The van der Waals surface area contributed by atoms with E-state index in [2.05, 4.69) is 29.8 Å². The second-order valence-electron chi connectivity index (χ2n) is 5.61. The van der Waals surface area contributed by atoms with Gasteiger partial charge in [-0.25, -0.2) is 0 Å². The van der Waals surface area contributed by atoms with Crippen molar-refractivity contribution in [1.82, 2.24) is 5.32 Å². The number of hydrogen-bond donors (Lipinski definition) is 1. The van der Waals surface area contributed by atoms with Crippen molar-refractivity contribution in [1.29, 1.82) is 0 Å². The van der Waals surface area contributed by atoms with Gasteiger partial charge in [0.1, 0.15) is 5.54 Å². The first-order valence-electron chi connectivity index (χ1n) is 7.65. The molecular weight excluding hydrogens is 270 g/mol. The average Bonchev–Trinajstić information content (AvgIpc) is 2.99. The summed E-state index contributed by atoms with van der Waals surface area (Å²) in [6, 6.07) is 4.16. The topological polar surface area (TPSA) is 38.3 Å². The molecule has 0 bridgehead atoms. The molecule has 0 aliphatic heterocycles. The summed E-state index contributed by atoms with van der Waals surface area (Å²) in [7, 11) is 0. The van der Waals surface area contributed by atoms with Crippen molar-refractivity contribution < 1.29 is 9.53 Å². The minimum Gasteiger partial charge on any atom is -0.465 e. The lowest BCUT2D eigenvalue weighted by atomic mass is 9.74. The van der Waals surface area contributed by atoms with Crippen LogP contribution >= 0.6 is 11.3 Å². The zero-order valence-corrected chi connectivity index (χ0v) is 13.3. The van der Waals surface area contributed by atoms with Crippen LogP contribution in [-0.2, 0) is 16.1 Å². The summed E-state index contributed by atoms with van der Waals surface area (Å²) < 4.78 is 5.35. The highest BCUT2D eigenvalue weighted by atomic mass is 32.1. The zero-order valence-electron chi connectivity index (χ0n) is 12.5. The van der Waals surface area contributed by atoms with Crippen LogP contribution in [0.4, 0.5) is 0 Å². The summed E-state index contributed by atoms with van der Waals surface area (Å²) in [5, 5.41) is 5.60. The van der Waals surface area contributed by atoms with E-state index in [0.29, 0.717) is 12.5 Å². The standard InChI is InChI=1S/C16H25NO2S/c1-3-13-7-5-9-16(11-13,15(18)19-4-2)17-12-14-8-6-10-20-14/h6,8,10,13,17H,3-5,7,9,11-12H2,1-2H3. The second kappa shape index (κ2) is 7.23. The molecule has 0 saturated heterocycles. The van der Waals surface area contributed by atoms with Gasteiger partial charge in [-0.3, -0.25) is 10.1 Å². The van der Waals surface area contributed by atoms with Crippen molar-refractivity contribution in [3.63, 3.8) is 0 Å². The fourth-order valence-corrected chi connectivity index (χ4v) is 3.74. The number of nitrogens with one attached hydrogen (secondary N) is 1. The highest BCUT2D eigenvalue weighted by molar-refractivity contribution is 7.09. The van der Waals surface area contributed by atoms with Gasteiger partial charge in [-0.2, -0.15) is 0 Å². The van der Waals surface area contributed by atoms with Crippen LogP contribution in [0.3, 0.4) is 0 Å². The molecule has 1 aromatic rings. The van der Waals surface area contributed by atoms with E-state index in [9.17, 15) is 4.79 Å². The third kappa shape index (κ3) is 3.61. The molecule has 0 amide bonds. The Bertz CT molecular complexity index is 418. The molecular formula is C16H25NO2S. The van der Waals surface area contributed by atoms with E-state index in [1.54, 1.807) is 11.3 Å². The molecule has 0 radical (unpaired) electrons. The molecule has 0 spiro atoms. The van der Waals surface area contributed by atoms with Gasteiger partial charge in [0.25, 0.3) is 0 Å². The average molecular weight is 295 g/mol. The fraction of sp³-hybridized carbons (Fsp3) is 0.688. The summed E-state index contributed by atoms with van der Waals surface area (Å²) in [5.74, 6) is 0.568. The summed E-state index contributed by atoms with van der Waals surface area (Å²) in [5.41, 5.74) is -0.473. The number of esters is 1. The Kier molecular flexibility index (Phi) is 5.61. The summed E-state index contributed by atoms with van der Waals surface area (Å²) in [6.07, 6.45) is 5.29. The molecule has 112 valence electrons. The van der Waals surface area contributed by atoms with Crippen molar-refractivity contribution in [2.45, 2.75) is 58.0 Å². The third-order valence-corrected chi connectivity index (χ3v) is 5.15. The summed E-state index contributed by atoms with van der Waals surface area (Å²) >= 11 is 1.73. The predicted molar refractivity (Wildman–Crippen MR) is 82.8 cm³/mol. The molecule has 4 heteroatoms. The summed E-state index contributed by atoms with van der Waals surface area (Å²) in [4.78, 5) is 13.7. The Balaban J connectivity index is 2.08. The maximum atomic E-state index is 12.5. The number of thiophene rings is 1. The minimum absolute atomic E-state index is 0.0605. The lowest BCUT2D eigenvalue weighted by molar-refractivity contribution is -0.153. The Hall–Kier alpha value is -0.870. The quantitative estimate of drug-likeness (QED) is 0.813. The molecule has 1 fully saturated rings. The molecule has 2 atom stereocenters. The normalized spacial score (nSPS) is 26.4. The molecule has 1 heterocycles. The molecule has 1 aliphatic carbocycles. The fourth-order valence-electron chi connectivity index (χ4n) is 3.09. The van der Waals surface area contributed by atoms with Crippen LogP contribution in [0.15, 0.2) is 17.5 Å². The van der Waals surface area contributed by atoms with Crippen LogP contribution in [0.2, 0.25) is 0 Å². The first kappa shape index (κ1) is 15.5. The van der Waals surface area contributed by atoms with Crippen molar-refractivity contribution in [3.8, 4) is 0 Å². The molecule has 1 N–H and O–H groups in total. The molecule has 20 heavy (non-hydrogen) atoms. The number of carbonyl (C=O) groups is 1. The van der Waals surface area contributed by atoms with E-state index in [-0.39, 0.29) is 5.97 Å². The monoisotopic (exact) mass is 295 g/mol. The third-order valence-electron chi connectivity index (χ3n) is 4.28. The highest BCUT2D eigenvalue weighted by Gasteiger charge is 2.43. The van der Waals surface area contributed by atoms with Gasteiger partial charge >= 0.3 is 5.97 Å². The molecule has 2 unspecified atom stereocenters.